The van der Waals surface area contributed by atoms with Crippen LogP contribution in [0, 0.1) is 5.41 Å². The maximum atomic E-state index is 12.9. The number of hydrogen-bond acceptors (Lipinski definition) is 11. The number of fused-ring (bicyclic) bond motifs is 1. The van der Waals surface area contributed by atoms with Crippen LogP contribution in [0.5, 0.6) is 6.01 Å². The summed E-state index contributed by atoms with van der Waals surface area (Å²) < 4.78 is 43.7. The Balaban J connectivity index is 1.03. The van der Waals surface area contributed by atoms with Crippen LogP contribution in [0.2, 0.25) is 5.02 Å². The van der Waals surface area contributed by atoms with Gasteiger partial charge >= 0.3 is 24.0 Å². The minimum absolute atomic E-state index is 0.00682. The SMILES string of the molecule is CC(C)(CNC(=O)C(=O)Nc1ccc2n[nH]nc2c1)CNC(=O)c1ccc(Nc2nc(NC3(c4ccc(Cl)cc4)CC3)nc(OCC(F)(F)F)n2)cc1. The van der Waals surface area contributed by atoms with Crippen LogP contribution in [-0.2, 0) is 15.1 Å². The highest BCUT2D eigenvalue weighted by Gasteiger charge is 2.45. The molecule has 0 unspecified atom stereocenters. The molecule has 0 bridgehead atoms. The average molecular weight is 752 g/mol. The second kappa shape index (κ2) is 14.9. The third-order valence-electron chi connectivity index (χ3n) is 8.12. The fourth-order valence-corrected chi connectivity index (χ4v) is 5.22. The number of rotatable bonds is 13. The molecule has 5 aromatic rings. The lowest BCUT2D eigenvalue weighted by Crippen LogP contribution is -2.44. The molecule has 2 heterocycles. The van der Waals surface area contributed by atoms with Crippen LogP contribution in [0.1, 0.15) is 42.6 Å². The van der Waals surface area contributed by atoms with E-state index in [0.717, 1.165) is 18.4 Å². The van der Waals surface area contributed by atoms with Gasteiger partial charge < -0.3 is 31.3 Å². The van der Waals surface area contributed by atoms with Crippen molar-refractivity contribution in [2.75, 3.05) is 35.6 Å². The molecule has 53 heavy (non-hydrogen) atoms. The summed E-state index contributed by atoms with van der Waals surface area (Å²) in [5, 5.41) is 25.0. The van der Waals surface area contributed by atoms with Crippen molar-refractivity contribution in [3.63, 3.8) is 0 Å². The number of carbonyl (C=O) groups is 3. The number of ether oxygens (including phenoxy) is 1. The van der Waals surface area contributed by atoms with E-state index in [0.29, 0.717) is 33.0 Å². The van der Waals surface area contributed by atoms with Crippen LogP contribution in [0.4, 0.5) is 36.4 Å². The maximum Gasteiger partial charge on any atom is 0.422 e. The highest BCUT2D eigenvalue weighted by atomic mass is 35.5. The average Bonchev–Trinajstić information content (AvgIpc) is 3.74. The van der Waals surface area contributed by atoms with Gasteiger partial charge in [0.15, 0.2) is 6.61 Å². The molecular formula is C34H33ClF3N11O4. The Morgan fingerprint density at radius 1 is 0.830 bits per heavy atom. The summed E-state index contributed by atoms with van der Waals surface area (Å²) in [5.41, 5.74) is 2.02. The Bertz CT molecular complexity index is 2120. The Labute approximate surface area is 304 Å². The number of nitrogens with zero attached hydrogens (tertiary/aromatic N) is 5. The van der Waals surface area contributed by atoms with Crippen molar-refractivity contribution in [3.8, 4) is 6.01 Å². The van der Waals surface area contributed by atoms with Crippen LogP contribution < -0.4 is 31.3 Å². The van der Waals surface area contributed by atoms with Crippen LogP contribution in [-0.4, -0.2) is 74.0 Å². The van der Waals surface area contributed by atoms with Crippen LogP contribution >= 0.6 is 11.6 Å². The highest BCUT2D eigenvalue weighted by molar-refractivity contribution is 6.39. The standard InChI is InChI=1S/C34H33ClF3N11O4/c1-32(2,17-40-27(51)28(52)41-23-11-12-24-25(15-23)48-49-47-24)16-39-26(50)19-3-9-22(10-4-19)42-29-43-30(45-31(44-29)53-18-34(36,37)38)46-33(13-14-33)20-5-7-21(35)8-6-20/h3-12,15H,13-14,16-18H2,1-2H3,(H,39,50)(H,40,51)(H,41,52)(H,47,48,49)(H2,42,43,44,45,46). The van der Waals surface area contributed by atoms with E-state index in [1.807, 2.05) is 26.0 Å². The minimum Gasteiger partial charge on any atom is -0.454 e. The number of H-pyrrole nitrogens is 1. The minimum atomic E-state index is -4.61. The molecule has 3 amide bonds. The summed E-state index contributed by atoms with van der Waals surface area (Å²) in [6.07, 6.45) is -3.14. The predicted octanol–water partition coefficient (Wildman–Crippen LogP) is 5.09. The first kappa shape index (κ1) is 36.7. The monoisotopic (exact) mass is 751 g/mol. The fourth-order valence-electron chi connectivity index (χ4n) is 5.10. The molecule has 3 aromatic carbocycles. The molecule has 15 nitrogen and oxygen atoms in total. The van der Waals surface area contributed by atoms with Crippen LogP contribution in [0.3, 0.4) is 0 Å². The number of benzene rings is 3. The molecule has 1 aliphatic carbocycles. The van der Waals surface area contributed by atoms with E-state index in [1.54, 1.807) is 42.5 Å². The molecule has 1 saturated carbocycles. The summed E-state index contributed by atoms with van der Waals surface area (Å²) in [5.74, 6) is -2.18. The van der Waals surface area contributed by atoms with Gasteiger partial charge in [0.25, 0.3) is 5.91 Å². The molecule has 2 aromatic heterocycles. The van der Waals surface area contributed by atoms with Gasteiger partial charge in [0.05, 0.1) is 5.54 Å². The van der Waals surface area contributed by atoms with Crippen molar-refractivity contribution in [1.29, 1.82) is 0 Å². The summed E-state index contributed by atoms with van der Waals surface area (Å²) in [7, 11) is 0. The molecule has 0 saturated heterocycles. The number of nitrogens with one attached hydrogen (secondary N) is 6. The van der Waals surface area contributed by atoms with Gasteiger partial charge in [-0.25, -0.2) is 0 Å². The number of alkyl halides is 3. The van der Waals surface area contributed by atoms with Gasteiger partial charge in [0, 0.05) is 35.1 Å². The molecule has 0 aliphatic heterocycles. The second-order valence-corrected chi connectivity index (χ2v) is 13.5. The smallest absolute Gasteiger partial charge is 0.422 e. The normalized spacial score (nSPS) is 13.5. The zero-order chi connectivity index (χ0) is 37.8. The van der Waals surface area contributed by atoms with Crippen molar-refractivity contribution in [1.82, 2.24) is 41.0 Å². The van der Waals surface area contributed by atoms with E-state index in [-0.39, 0.29) is 25.0 Å². The molecule has 0 atom stereocenters. The topological polar surface area (TPSA) is 201 Å². The maximum absolute atomic E-state index is 12.9. The summed E-state index contributed by atoms with van der Waals surface area (Å²) in [6, 6.07) is 17.7. The van der Waals surface area contributed by atoms with Gasteiger partial charge in [-0.15, -0.1) is 0 Å². The van der Waals surface area contributed by atoms with Gasteiger partial charge in [-0.2, -0.15) is 43.5 Å². The number of aromatic nitrogens is 6. The highest BCUT2D eigenvalue weighted by Crippen LogP contribution is 2.48. The molecule has 0 spiro atoms. The molecule has 1 fully saturated rings. The van der Waals surface area contributed by atoms with Crippen LogP contribution in [0.15, 0.2) is 66.7 Å². The molecule has 0 radical (unpaired) electrons. The molecule has 6 N–H and O–H groups in total. The van der Waals surface area contributed by atoms with Crippen molar-refractivity contribution in [2.45, 2.75) is 38.4 Å². The van der Waals surface area contributed by atoms with Crippen molar-refractivity contribution in [3.05, 3.63) is 82.9 Å². The Morgan fingerprint density at radius 2 is 1.49 bits per heavy atom. The fraction of sp³-hybridized carbons (Fsp3) is 0.294. The van der Waals surface area contributed by atoms with Gasteiger partial charge in [-0.1, -0.05) is 37.6 Å². The number of aromatic amines is 1. The number of anilines is 4. The first-order chi connectivity index (χ1) is 25.2. The first-order valence-electron chi connectivity index (χ1n) is 16.2. The first-order valence-corrected chi connectivity index (χ1v) is 16.6. The van der Waals surface area contributed by atoms with E-state index in [1.165, 1.54) is 12.1 Å². The van der Waals surface area contributed by atoms with Gasteiger partial charge in [0.1, 0.15) is 11.0 Å². The quantitative estimate of drug-likeness (QED) is 0.0876. The molecule has 6 rings (SSSR count). The largest absolute Gasteiger partial charge is 0.454 e. The Morgan fingerprint density at radius 3 is 2.19 bits per heavy atom. The lowest BCUT2D eigenvalue weighted by Gasteiger charge is -2.25. The van der Waals surface area contributed by atoms with Gasteiger partial charge in [-0.3, -0.25) is 14.4 Å². The van der Waals surface area contributed by atoms with Gasteiger partial charge in [-0.05, 0) is 78.4 Å². The second-order valence-electron chi connectivity index (χ2n) is 13.1. The molecule has 1 aliphatic rings. The number of hydrogen-bond donors (Lipinski definition) is 6. The number of halogens is 4. The number of carbonyl (C=O) groups excluding carboxylic acids is 3. The van der Waals surface area contributed by atoms with Gasteiger partial charge in [0.2, 0.25) is 11.9 Å². The van der Waals surface area contributed by atoms with Crippen molar-refractivity contribution >= 4 is 63.6 Å². The van der Waals surface area contributed by atoms with E-state index in [2.05, 4.69) is 56.9 Å². The van der Waals surface area contributed by atoms with E-state index in [9.17, 15) is 27.6 Å². The third kappa shape index (κ3) is 9.85. The zero-order valence-electron chi connectivity index (χ0n) is 28.3. The lowest BCUT2D eigenvalue weighted by atomic mass is 9.93. The molecular weight excluding hydrogens is 719 g/mol. The zero-order valence-corrected chi connectivity index (χ0v) is 29.0. The summed E-state index contributed by atoms with van der Waals surface area (Å²) >= 11 is 6.03. The third-order valence-corrected chi connectivity index (χ3v) is 8.37. The summed E-state index contributed by atoms with van der Waals surface area (Å²) in [4.78, 5) is 50.2. The van der Waals surface area contributed by atoms with Crippen molar-refractivity contribution in [2.24, 2.45) is 5.41 Å². The Hall–Kier alpha value is -6.04. The lowest BCUT2D eigenvalue weighted by molar-refractivity contribution is -0.154. The molecule has 276 valence electrons. The van der Waals surface area contributed by atoms with E-state index >= 15 is 0 Å². The van der Waals surface area contributed by atoms with Crippen LogP contribution in [0.25, 0.3) is 11.0 Å². The Kier molecular flexibility index (Phi) is 10.3. The number of amides is 3. The van der Waals surface area contributed by atoms with Crippen molar-refractivity contribution < 1.29 is 32.3 Å². The van der Waals surface area contributed by atoms with E-state index in [4.69, 9.17) is 16.3 Å². The predicted molar refractivity (Wildman–Crippen MR) is 189 cm³/mol. The summed E-state index contributed by atoms with van der Waals surface area (Å²) in [6.45, 7) is 2.27. The molecule has 19 heteroatoms. The van der Waals surface area contributed by atoms with E-state index < -0.39 is 47.5 Å².